The van der Waals surface area contributed by atoms with Crippen LogP contribution in [0.15, 0.2) is 22.6 Å². The number of ether oxygens (including phenoxy) is 1. The van der Waals surface area contributed by atoms with Gasteiger partial charge in [0, 0.05) is 23.0 Å². The lowest BCUT2D eigenvalue weighted by Gasteiger charge is -2.15. The third-order valence-corrected chi connectivity index (χ3v) is 3.58. The quantitative estimate of drug-likeness (QED) is 0.850. The molecule has 0 bridgehead atoms. The standard InChI is InChI=1S/C15H20ClN3O2/c1-3-10(17)8-11-12(16)6-5-7-13(11)20-9-15-19-18-14(4-2)21-15/h5-7,10H,3-4,8-9,17H2,1-2H3. The van der Waals surface area contributed by atoms with Crippen molar-refractivity contribution < 1.29 is 9.15 Å². The van der Waals surface area contributed by atoms with Crippen LogP contribution in [0.4, 0.5) is 0 Å². The summed E-state index contributed by atoms with van der Waals surface area (Å²) in [7, 11) is 0. The highest BCUT2D eigenvalue weighted by molar-refractivity contribution is 6.31. The highest BCUT2D eigenvalue weighted by Crippen LogP contribution is 2.28. The maximum Gasteiger partial charge on any atom is 0.253 e. The summed E-state index contributed by atoms with van der Waals surface area (Å²) < 4.78 is 11.2. The highest BCUT2D eigenvalue weighted by Gasteiger charge is 2.13. The van der Waals surface area contributed by atoms with Gasteiger partial charge in [0.25, 0.3) is 5.89 Å². The van der Waals surface area contributed by atoms with Crippen molar-refractivity contribution in [3.05, 3.63) is 40.6 Å². The largest absolute Gasteiger partial charge is 0.483 e. The molecule has 0 spiro atoms. The SMILES string of the molecule is CCc1nnc(COc2cccc(Cl)c2CC(N)CC)o1. The second kappa shape index (κ2) is 7.43. The third kappa shape index (κ3) is 4.19. The van der Waals surface area contributed by atoms with E-state index in [1.165, 1.54) is 0 Å². The maximum absolute atomic E-state index is 6.25. The van der Waals surface area contributed by atoms with Gasteiger partial charge in [-0.15, -0.1) is 10.2 Å². The van der Waals surface area contributed by atoms with Crippen molar-refractivity contribution in [1.29, 1.82) is 0 Å². The van der Waals surface area contributed by atoms with Crippen LogP contribution in [-0.4, -0.2) is 16.2 Å². The second-order valence-electron chi connectivity index (χ2n) is 4.82. The number of hydrogen-bond donors (Lipinski definition) is 1. The van der Waals surface area contributed by atoms with Crippen LogP contribution in [0.25, 0.3) is 0 Å². The van der Waals surface area contributed by atoms with Gasteiger partial charge in [-0.3, -0.25) is 0 Å². The molecule has 0 amide bonds. The second-order valence-corrected chi connectivity index (χ2v) is 5.23. The predicted octanol–water partition coefficient (Wildman–Crippen LogP) is 3.14. The average molecular weight is 310 g/mol. The Labute approximate surface area is 129 Å². The molecular formula is C15H20ClN3O2. The van der Waals surface area contributed by atoms with Gasteiger partial charge < -0.3 is 14.9 Å². The molecular weight excluding hydrogens is 290 g/mol. The molecule has 2 rings (SSSR count). The Morgan fingerprint density at radius 2 is 2.05 bits per heavy atom. The van der Waals surface area contributed by atoms with Crippen LogP contribution in [0, 0.1) is 0 Å². The number of nitrogens with zero attached hydrogens (tertiary/aromatic N) is 2. The Morgan fingerprint density at radius 1 is 1.29 bits per heavy atom. The van der Waals surface area contributed by atoms with Crippen LogP contribution in [0.5, 0.6) is 5.75 Å². The van der Waals surface area contributed by atoms with Crippen molar-refractivity contribution in [2.45, 2.75) is 45.8 Å². The van der Waals surface area contributed by atoms with Gasteiger partial charge in [0.05, 0.1) is 0 Å². The van der Waals surface area contributed by atoms with E-state index in [1.54, 1.807) is 0 Å². The molecule has 1 aromatic heterocycles. The molecule has 0 saturated carbocycles. The number of nitrogens with two attached hydrogens (primary N) is 1. The van der Waals surface area contributed by atoms with Crippen molar-refractivity contribution in [1.82, 2.24) is 10.2 Å². The molecule has 0 fully saturated rings. The molecule has 114 valence electrons. The van der Waals surface area contributed by atoms with Crippen molar-refractivity contribution in [3.63, 3.8) is 0 Å². The summed E-state index contributed by atoms with van der Waals surface area (Å²) in [4.78, 5) is 0. The van der Waals surface area contributed by atoms with E-state index in [9.17, 15) is 0 Å². The van der Waals surface area contributed by atoms with Crippen LogP contribution in [0.2, 0.25) is 5.02 Å². The minimum atomic E-state index is 0.0577. The molecule has 0 aliphatic heterocycles. The van der Waals surface area contributed by atoms with Crippen LogP contribution in [-0.2, 0) is 19.4 Å². The number of benzene rings is 1. The Hall–Kier alpha value is -1.59. The lowest BCUT2D eigenvalue weighted by atomic mass is 10.0. The first-order valence-electron chi connectivity index (χ1n) is 7.11. The van der Waals surface area contributed by atoms with Crippen LogP contribution >= 0.6 is 11.6 Å². The van der Waals surface area contributed by atoms with E-state index in [-0.39, 0.29) is 12.6 Å². The minimum absolute atomic E-state index is 0.0577. The van der Waals surface area contributed by atoms with Crippen LogP contribution < -0.4 is 10.5 Å². The van der Waals surface area contributed by atoms with Crippen molar-refractivity contribution in [2.24, 2.45) is 5.73 Å². The Bertz CT molecular complexity index is 586. The molecule has 0 aliphatic carbocycles. The maximum atomic E-state index is 6.25. The van der Waals surface area contributed by atoms with Gasteiger partial charge in [0.1, 0.15) is 5.75 Å². The summed E-state index contributed by atoms with van der Waals surface area (Å²) in [6, 6.07) is 5.63. The average Bonchev–Trinajstić information content (AvgIpc) is 2.95. The smallest absolute Gasteiger partial charge is 0.253 e. The normalized spacial score (nSPS) is 12.4. The molecule has 1 unspecified atom stereocenters. The predicted molar refractivity (Wildman–Crippen MR) is 81.4 cm³/mol. The van der Waals surface area contributed by atoms with E-state index >= 15 is 0 Å². The van der Waals surface area contributed by atoms with Gasteiger partial charge in [0.15, 0.2) is 6.61 Å². The van der Waals surface area contributed by atoms with Crippen molar-refractivity contribution >= 4 is 11.6 Å². The van der Waals surface area contributed by atoms with E-state index < -0.39 is 0 Å². The Kier molecular flexibility index (Phi) is 5.59. The van der Waals surface area contributed by atoms with E-state index in [0.717, 1.165) is 12.0 Å². The number of halogens is 1. The summed E-state index contributed by atoms with van der Waals surface area (Å²) in [5, 5.41) is 8.50. The Balaban J connectivity index is 2.10. The first-order chi connectivity index (χ1) is 10.1. The number of rotatable bonds is 7. The van der Waals surface area contributed by atoms with E-state index in [0.29, 0.717) is 35.4 Å². The van der Waals surface area contributed by atoms with Gasteiger partial charge >= 0.3 is 0 Å². The van der Waals surface area contributed by atoms with Gasteiger partial charge in [-0.2, -0.15) is 0 Å². The lowest BCUT2D eigenvalue weighted by Crippen LogP contribution is -2.22. The number of aromatic nitrogens is 2. The fourth-order valence-corrected chi connectivity index (χ4v) is 2.15. The molecule has 2 aromatic rings. The highest BCUT2D eigenvalue weighted by atomic mass is 35.5. The summed E-state index contributed by atoms with van der Waals surface area (Å²) in [6.07, 6.45) is 2.27. The number of aryl methyl sites for hydroxylation is 1. The van der Waals surface area contributed by atoms with Crippen molar-refractivity contribution in [2.75, 3.05) is 0 Å². The van der Waals surface area contributed by atoms with E-state index in [2.05, 4.69) is 10.2 Å². The third-order valence-electron chi connectivity index (χ3n) is 3.23. The summed E-state index contributed by atoms with van der Waals surface area (Å²) >= 11 is 6.25. The van der Waals surface area contributed by atoms with Crippen molar-refractivity contribution in [3.8, 4) is 5.75 Å². The van der Waals surface area contributed by atoms with E-state index in [1.807, 2.05) is 32.0 Å². The summed E-state index contributed by atoms with van der Waals surface area (Å²) in [5.74, 6) is 1.77. The zero-order valence-corrected chi connectivity index (χ0v) is 13.1. The monoisotopic (exact) mass is 309 g/mol. The molecule has 6 heteroatoms. The fraction of sp³-hybridized carbons (Fsp3) is 0.467. The van der Waals surface area contributed by atoms with Crippen LogP contribution in [0.1, 0.15) is 37.6 Å². The van der Waals surface area contributed by atoms with Gasteiger partial charge in [-0.25, -0.2) is 0 Å². The molecule has 1 aromatic carbocycles. The first-order valence-corrected chi connectivity index (χ1v) is 7.48. The topological polar surface area (TPSA) is 74.2 Å². The Morgan fingerprint density at radius 3 is 2.71 bits per heavy atom. The number of hydrogen-bond acceptors (Lipinski definition) is 5. The molecule has 0 saturated heterocycles. The molecule has 0 aliphatic rings. The molecule has 1 atom stereocenters. The van der Waals surface area contributed by atoms with Crippen LogP contribution in [0.3, 0.4) is 0 Å². The lowest BCUT2D eigenvalue weighted by molar-refractivity contribution is 0.256. The zero-order chi connectivity index (χ0) is 15.2. The van der Waals surface area contributed by atoms with Gasteiger partial charge in [-0.05, 0) is 25.0 Å². The van der Waals surface area contributed by atoms with E-state index in [4.69, 9.17) is 26.5 Å². The summed E-state index contributed by atoms with van der Waals surface area (Å²) in [6.45, 7) is 4.23. The molecule has 5 nitrogen and oxygen atoms in total. The van der Waals surface area contributed by atoms with Gasteiger partial charge in [-0.1, -0.05) is 31.5 Å². The zero-order valence-electron chi connectivity index (χ0n) is 12.3. The fourth-order valence-electron chi connectivity index (χ4n) is 1.91. The molecule has 21 heavy (non-hydrogen) atoms. The molecule has 2 N–H and O–H groups in total. The first kappa shape index (κ1) is 15.8. The molecule has 0 radical (unpaired) electrons. The molecule has 1 heterocycles. The van der Waals surface area contributed by atoms with Gasteiger partial charge in [0.2, 0.25) is 5.89 Å². The minimum Gasteiger partial charge on any atom is -0.483 e. The summed E-state index contributed by atoms with van der Waals surface area (Å²) in [5.41, 5.74) is 6.94.